The van der Waals surface area contributed by atoms with Crippen LogP contribution >= 0.6 is 0 Å². The number of hydrogen-bond acceptors (Lipinski definition) is 6. The Morgan fingerprint density at radius 2 is 1.77 bits per heavy atom. The molecule has 0 radical (unpaired) electrons. The second-order valence-corrected chi connectivity index (χ2v) is 7.17. The Bertz CT molecular complexity index is 983. The van der Waals surface area contributed by atoms with Gasteiger partial charge in [-0.1, -0.05) is 42.5 Å². The van der Waals surface area contributed by atoms with E-state index in [9.17, 15) is 9.90 Å². The maximum absolute atomic E-state index is 12.8. The molecular formula is C22H25N5O3. The molecule has 8 heteroatoms. The number of aliphatic hydroxyl groups is 1. The summed E-state index contributed by atoms with van der Waals surface area (Å²) in [7, 11) is 1.66. The fourth-order valence-electron chi connectivity index (χ4n) is 3.62. The predicted molar refractivity (Wildman–Crippen MR) is 113 cm³/mol. The standard InChI is InChI=1S/C22H25N5O3/c1-30-20-10-6-5-9-18(20)25-11-13-26(14-12-25)22(29)21-23-16-27(24-21)15-19(28)17-7-3-2-4-8-17/h2-10,16,19,28H,11-15H2,1H3/t19-/m0/s1. The number of aliphatic hydroxyl groups excluding tert-OH is 1. The number of piperazine rings is 1. The van der Waals surface area contributed by atoms with E-state index in [2.05, 4.69) is 15.0 Å². The summed E-state index contributed by atoms with van der Waals surface area (Å²) in [6.07, 6.45) is 0.782. The Balaban J connectivity index is 1.36. The third kappa shape index (κ3) is 4.28. The first-order valence-corrected chi connectivity index (χ1v) is 9.95. The lowest BCUT2D eigenvalue weighted by molar-refractivity contribution is 0.0732. The number of carbonyl (C=O) groups is 1. The van der Waals surface area contributed by atoms with Crippen molar-refractivity contribution in [2.45, 2.75) is 12.6 Å². The molecule has 0 bridgehead atoms. The van der Waals surface area contributed by atoms with Crippen molar-refractivity contribution in [1.29, 1.82) is 0 Å². The quantitative estimate of drug-likeness (QED) is 0.673. The SMILES string of the molecule is COc1ccccc1N1CCN(C(=O)c2ncn(C[C@H](O)c3ccccc3)n2)CC1. The monoisotopic (exact) mass is 407 g/mol. The van der Waals surface area contributed by atoms with E-state index in [0.29, 0.717) is 26.2 Å². The zero-order chi connectivity index (χ0) is 20.9. The molecule has 1 aliphatic heterocycles. The summed E-state index contributed by atoms with van der Waals surface area (Å²) in [5.41, 5.74) is 1.83. The molecule has 1 saturated heterocycles. The molecule has 1 aromatic heterocycles. The highest BCUT2D eigenvalue weighted by Gasteiger charge is 2.26. The molecule has 1 fully saturated rings. The van der Waals surface area contributed by atoms with Crippen LogP contribution in [-0.4, -0.2) is 64.0 Å². The maximum Gasteiger partial charge on any atom is 0.293 e. The number of carbonyl (C=O) groups excluding carboxylic acids is 1. The Kier molecular flexibility index (Phi) is 5.94. The summed E-state index contributed by atoms with van der Waals surface area (Å²) in [5, 5.41) is 14.6. The Morgan fingerprint density at radius 1 is 1.07 bits per heavy atom. The highest BCUT2D eigenvalue weighted by Crippen LogP contribution is 2.28. The van der Waals surface area contributed by atoms with Gasteiger partial charge in [-0.25, -0.2) is 9.67 Å². The van der Waals surface area contributed by atoms with Crippen LogP contribution in [0.25, 0.3) is 0 Å². The van der Waals surface area contributed by atoms with Gasteiger partial charge in [-0.15, -0.1) is 5.10 Å². The zero-order valence-corrected chi connectivity index (χ0v) is 16.9. The summed E-state index contributed by atoms with van der Waals surface area (Å²) >= 11 is 0. The Morgan fingerprint density at radius 3 is 2.50 bits per heavy atom. The van der Waals surface area contributed by atoms with Crippen LogP contribution in [0.5, 0.6) is 5.75 Å². The van der Waals surface area contributed by atoms with Crippen molar-refractivity contribution in [3.8, 4) is 5.75 Å². The lowest BCUT2D eigenvalue weighted by atomic mass is 10.1. The van der Waals surface area contributed by atoms with Crippen molar-refractivity contribution >= 4 is 11.6 Å². The summed E-state index contributed by atoms with van der Waals surface area (Å²) in [6, 6.07) is 17.2. The third-order valence-corrected chi connectivity index (χ3v) is 5.26. The van der Waals surface area contributed by atoms with Gasteiger partial charge in [0.1, 0.15) is 12.1 Å². The van der Waals surface area contributed by atoms with Gasteiger partial charge in [-0.2, -0.15) is 0 Å². The number of anilines is 1. The Labute approximate surface area is 175 Å². The third-order valence-electron chi connectivity index (χ3n) is 5.26. The number of rotatable bonds is 6. The first kappa shape index (κ1) is 19.9. The first-order chi connectivity index (χ1) is 14.7. The van der Waals surface area contributed by atoms with E-state index in [1.165, 1.54) is 11.0 Å². The van der Waals surface area contributed by atoms with Crippen LogP contribution in [0.4, 0.5) is 5.69 Å². The highest BCUT2D eigenvalue weighted by molar-refractivity contribution is 5.90. The van der Waals surface area contributed by atoms with Crippen molar-refractivity contribution < 1.29 is 14.6 Å². The summed E-state index contributed by atoms with van der Waals surface area (Å²) in [6.45, 7) is 2.82. The second-order valence-electron chi connectivity index (χ2n) is 7.17. The summed E-state index contributed by atoms with van der Waals surface area (Å²) < 4.78 is 6.95. The zero-order valence-electron chi connectivity index (χ0n) is 16.9. The van der Waals surface area contributed by atoms with Crippen molar-refractivity contribution in [2.75, 3.05) is 38.2 Å². The highest BCUT2D eigenvalue weighted by atomic mass is 16.5. The molecule has 2 aromatic carbocycles. The van der Waals surface area contributed by atoms with Crippen LogP contribution < -0.4 is 9.64 Å². The van der Waals surface area contributed by atoms with Gasteiger partial charge in [0.2, 0.25) is 5.82 Å². The van der Waals surface area contributed by atoms with E-state index in [1.807, 2.05) is 54.6 Å². The van der Waals surface area contributed by atoms with Gasteiger partial charge >= 0.3 is 0 Å². The van der Waals surface area contributed by atoms with Gasteiger partial charge in [0.15, 0.2) is 0 Å². The number of nitrogens with zero attached hydrogens (tertiary/aromatic N) is 5. The molecule has 4 rings (SSSR count). The first-order valence-electron chi connectivity index (χ1n) is 9.95. The minimum atomic E-state index is -0.708. The molecule has 1 N–H and O–H groups in total. The van der Waals surface area contributed by atoms with Crippen LogP contribution in [0, 0.1) is 0 Å². The number of amides is 1. The van der Waals surface area contributed by atoms with E-state index in [0.717, 1.165) is 17.0 Å². The number of ether oxygens (including phenoxy) is 1. The molecule has 0 unspecified atom stereocenters. The second kappa shape index (κ2) is 8.96. The smallest absolute Gasteiger partial charge is 0.293 e. The Hall–Kier alpha value is -3.39. The van der Waals surface area contributed by atoms with E-state index < -0.39 is 6.10 Å². The van der Waals surface area contributed by atoms with E-state index >= 15 is 0 Å². The van der Waals surface area contributed by atoms with Crippen molar-refractivity contribution in [3.05, 3.63) is 72.3 Å². The molecule has 3 aromatic rings. The molecule has 1 amide bonds. The molecule has 156 valence electrons. The van der Waals surface area contributed by atoms with Crippen molar-refractivity contribution in [3.63, 3.8) is 0 Å². The van der Waals surface area contributed by atoms with Crippen molar-refractivity contribution in [2.24, 2.45) is 0 Å². The van der Waals surface area contributed by atoms with Crippen LogP contribution in [0.3, 0.4) is 0 Å². The average molecular weight is 407 g/mol. The number of benzene rings is 2. The fraction of sp³-hybridized carbons (Fsp3) is 0.318. The average Bonchev–Trinajstić information content (AvgIpc) is 3.27. The molecule has 1 aliphatic rings. The van der Waals surface area contributed by atoms with Crippen LogP contribution in [0.2, 0.25) is 0 Å². The molecule has 8 nitrogen and oxygen atoms in total. The van der Waals surface area contributed by atoms with Gasteiger partial charge in [-0.05, 0) is 17.7 Å². The van der Waals surface area contributed by atoms with Crippen LogP contribution in [0.1, 0.15) is 22.3 Å². The summed E-state index contributed by atoms with van der Waals surface area (Å²) in [4.78, 5) is 21.0. The maximum atomic E-state index is 12.8. The lowest BCUT2D eigenvalue weighted by Gasteiger charge is -2.36. The predicted octanol–water partition coefficient (Wildman–Crippen LogP) is 1.98. The van der Waals surface area contributed by atoms with Crippen LogP contribution in [-0.2, 0) is 6.54 Å². The van der Waals surface area contributed by atoms with Gasteiger partial charge < -0.3 is 19.6 Å². The number of hydrogen-bond donors (Lipinski definition) is 1. The lowest BCUT2D eigenvalue weighted by Crippen LogP contribution is -2.49. The van der Waals surface area contributed by atoms with E-state index in [-0.39, 0.29) is 18.3 Å². The molecule has 30 heavy (non-hydrogen) atoms. The molecular weight excluding hydrogens is 382 g/mol. The molecule has 0 spiro atoms. The summed E-state index contributed by atoms with van der Waals surface area (Å²) in [5.74, 6) is 0.790. The topological polar surface area (TPSA) is 83.7 Å². The van der Waals surface area contributed by atoms with E-state index in [4.69, 9.17) is 4.74 Å². The van der Waals surface area contributed by atoms with Gasteiger partial charge in [0.25, 0.3) is 5.91 Å². The fourth-order valence-corrected chi connectivity index (χ4v) is 3.62. The molecule has 1 atom stereocenters. The normalized spacial score (nSPS) is 15.1. The minimum Gasteiger partial charge on any atom is -0.495 e. The molecule has 2 heterocycles. The van der Waals surface area contributed by atoms with Crippen molar-refractivity contribution in [1.82, 2.24) is 19.7 Å². The van der Waals surface area contributed by atoms with Gasteiger partial charge in [0, 0.05) is 26.2 Å². The molecule has 0 saturated carbocycles. The van der Waals surface area contributed by atoms with Gasteiger partial charge in [-0.3, -0.25) is 4.79 Å². The van der Waals surface area contributed by atoms with E-state index in [1.54, 1.807) is 12.0 Å². The van der Waals surface area contributed by atoms with Gasteiger partial charge in [0.05, 0.1) is 25.4 Å². The molecule has 0 aliphatic carbocycles. The largest absolute Gasteiger partial charge is 0.495 e. The van der Waals surface area contributed by atoms with Crippen LogP contribution in [0.15, 0.2) is 60.9 Å². The minimum absolute atomic E-state index is 0.154. The number of methoxy groups -OCH3 is 1. The number of para-hydroxylation sites is 2. The number of aromatic nitrogens is 3.